The van der Waals surface area contributed by atoms with Crippen LogP contribution in [0.3, 0.4) is 0 Å². The Morgan fingerprint density at radius 1 is 0.882 bits per heavy atom. The molecule has 0 N–H and O–H groups in total. The minimum absolute atomic E-state index is 0.0699. The standard InChI is InChI=1S/C17H30/c1-6-11-12-13-14-15-16(7-2)17(8-3,9-4)10-5/h8-10,16H,3-7,11-15H2,1-2H3. The van der Waals surface area contributed by atoms with Crippen molar-refractivity contribution in [1.29, 1.82) is 0 Å². The van der Waals surface area contributed by atoms with Gasteiger partial charge in [0.1, 0.15) is 0 Å². The van der Waals surface area contributed by atoms with Crippen LogP contribution in [0.25, 0.3) is 0 Å². The molecule has 0 saturated carbocycles. The number of hydrogen-bond acceptors (Lipinski definition) is 0. The highest BCUT2D eigenvalue weighted by molar-refractivity contribution is 5.18. The van der Waals surface area contributed by atoms with Gasteiger partial charge in [0.05, 0.1) is 0 Å². The summed E-state index contributed by atoms with van der Waals surface area (Å²) in [5.74, 6) is 0.608. The summed E-state index contributed by atoms with van der Waals surface area (Å²) in [5, 5.41) is 0. The molecule has 98 valence electrons. The van der Waals surface area contributed by atoms with E-state index in [0.29, 0.717) is 5.92 Å². The quantitative estimate of drug-likeness (QED) is 0.307. The van der Waals surface area contributed by atoms with E-state index in [-0.39, 0.29) is 5.41 Å². The van der Waals surface area contributed by atoms with Crippen molar-refractivity contribution < 1.29 is 0 Å². The van der Waals surface area contributed by atoms with Crippen LogP contribution in [-0.4, -0.2) is 0 Å². The van der Waals surface area contributed by atoms with Gasteiger partial charge >= 0.3 is 0 Å². The van der Waals surface area contributed by atoms with Gasteiger partial charge in [-0.2, -0.15) is 0 Å². The third kappa shape index (κ3) is 4.93. The zero-order valence-electron chi connectivity index (χ0n) is 11.9. The molecular weight excluding hydrogens is 204 g/mol. The van der Waals surface area contributed by atoms with Crippen molar-refractivity contribution in [2.45, 2.75) is 58.8 Å². The first-order chi connectivity index (χ1) is 8.20. The summed E-state index contributed by atoms with van der Waals surface area (Å²) in [7, 11) is 0. The van der Waals surface area contributed by atoms with Gasteiger partial charge in [0, 0.05) is 5.41 Å². The van der Waals surface area contributed by atoms with Crippen molar-refractivity contribution in [2.75, 3.05) is 0 Å². The summed E-state index contributed by atoms with van der Waals surface area (Å²) < 4.78 is 0. The first-order valence-corrected chi connectivity index (χ1v) is 7.11. The SMILES string of the molecule is C=CC(C=C)(C=C)C(CC)CCCCCCC. The highest BCUT2D eigenvalue weighted by atomic mass is 14.3. The van der Waals surface area contributed by atoms with E-state index in [0.717, 1.165) is 6.42 Å². The Bertz CT molecular complexity index is 202. The van der Waals surface area contributed by atoms with Gasteiger partial charge < -0.3 is 0 Å². The van der Waals surface area contributed by atoms with Gasteiger partial charge in [-0.1, -0.05) is 70.6 Å². The van der Waals surface area contributed by atoms with E-state index in [1.54, 1.807) is 0 Å². The zero-order valence-corrected chi connectivity index (χ0v) is 11.9. The lowest BCUT2D eigenvalue weighted by atomic mass is 9.72. The first-order valence-electron chi connectivity index (χ1n) is 7.11. The maximum Gasteiger partial charge on any atom is 0.0262 e. The molecule has 0 aliphatic carbocycles. The average molecular weight is 234 g/mol. The molecule has 0 bridgehead atoms. The van der Waals surface area contributed by atoms with E-state index in [1.807, 2.05) is 18.2 Å². The molecule has 0 spiro atoms. The summed E-state index contributed by atoms with van der Waals surface area (Å²) in [6.07, 6.45) is 15.2. The van der Waals surface area contributed by atoms with Crippen LogP contribution in [0, 0.1) is 11.3 Å². The lowest BCUT2D eigenvalue weighted by molar-refractivity contribution is 0.319. The van der Waals surface area contributed by atoms with E-state index in [1.165, 1.54) is 38.5 Å². The number of rotatable bonds is 11. The summed E-state index contributed by atoms with van der Waals surface area (Å²) >= 11 is 0. The van der Waals surface area contributed by atoms with Crippen LogP contribution in [0.2, 0.25) is 0 Å². The number of unbranched alkanes of at least 4 members (excludes halogenated alkanes) is 4. The smallest absolute Gasteiger partial charge is 0.0262 e. The number of hydrogen-bond donors (Lipinski definition) is 0. The van der Waals surface area contributed by atoms with Gasteiger partial charge in [-0.3, -0.25) is 0 Å². The normalized spacial score (nSPS) is 13.1. The maximum atomic E-state index is 3.96. The van der Waals surface area contributed by atoms with Crippen molar-refractivity contribution in [3.05, 3.63) is 38.0 Å². The maximum absolute atomic E-state index is 3.96. The predicted molar refractivity (Wildman–Crippen MR) is 80.2 cm³/mol. The van der Waals surface area contributed by atoms with Crippen LogP contribution in [-0.2, 0) is 0 Å². The summed E-state index contributed by atoms with van der Waals surface area (Å²) in [6, 6.07) is 0. The minimum atomic E-state index is -0.0699. The Balaban J connectivity index is 4.25. The molecule has 1 unspecified atom stereocenters. The molecule has 0 rings (SSSR count). The highest BCUT2D eigenvalue weighted by Crippen LogP contribution is 2.37. The van der Waals surface area contributed by atoms with Crippen molar-refractivity contribution in [3.63, 3.8) is 0 Å². The molecule has 1 atom stereocenters. The predicted octanol–water partition coefficient (Wildman–Crippen LogP) is 5.92. The van der Waals surface area contributed by atoms with Gasteiger partial charge in [-0.15, -0.1) is 19.7 Å². The number of allylic oxidation sites excluding steroid dienone is 3. The molecule has 0 heteroatoms. The summed E-state index contributed by atoms with van der Waals surface area (Å²) in [4.78, 5) is 0. The first kappa shape index (κ1) is 16.2. The lowest BCUT2D eigenvalue weighted by Crippen LogP contribution is -2.23. The second kappa shape index (κ2) is 9.27. The Kier molecular flexibility index (Phi) is 8.85. The second-order valence-electron chi connectivity index (χ2n) is 4.92. The van der Waals surface area contributed by atoms with E-state index in [2.05, 4.69) is 33.6 Å². The van der Waals surface area contributed by atoms with E-state index in [4.69, 9.17) is 0 Å². The fourth-order valence-electron chi connectivity index (χ4n) is 2.55. The molecule has 0 radical (unpaired) electrons. The van der Waals surface area contributed by atoms with Gasteiger partial charge in [-0.05, 0) is 12.3 Å². The van der Waals surface area contributed by atoms with Gasteiger partial charge in [0.2, 0.25) is 0 Å². The molecule has 0 heterocycles. The van der Waals surface area contributed by atoms with Crippen molar-refractivity contribution in [2.24, 2.45) is 11.3 Å². The molecule has 0 aromatic heterocycles. The van der Waals surface area contributed by atoms with Crippen molar-refractivity contribution in [1.82, 2.24) is 0 Å². The Morgan fingerprint density at radius 2 is 1.41 bits per heavy atom. The molecule has 0 aromatic rings. The van der Waals surface area contributed by atoms with Crippen LogP contribution in [0.4, 0.5) is 0 Å². The second-order valence-corrected chi connectivity index (χ2v) is 4.92. The molecule has 0 fully saturated rings. The van der Waals surface area contributed by atoms with Crippen LogP contribution >= 0.6 is 0 Å². The van der Waals surface area contributed by atoms with Gasteiger partial charge in [0.15, 0.2) is 0 Å². The van der Waals surface area contributed by atoms with Crippen LogP contribution in [0.15, 0.2) is 38.0 Å². The fraction of sp³-hybridized carbons (Fsp3) is 0.647. The van der Waals surface area contributed by atoms with Crippen LogP contribution in [0.1, 0.15) is 58.8 Å². The Labute approximate surface area is 109 Å². The molecule has 0 aliphatic heterocycles. The van der Waals surface area contributed by atoms with Gasteiger partial charge in [-0.25, -0.2) is 0 Å². The molecule has 0 nitrogen and oxygen atoms in total. The third-order valence-corrected chi connectivity index (χ3v) is 3.92. The molecule has 0 aliphatic rings. The van der Waals surface area contributed by atoms with Gasteiger partial charge in [0.25, 0.3) is 0 Å². The lowest BCUT2D eigenvalue weighted by Gasteiger charge is -2.32. The Morgan fingerprint density at radius 3 is 1.82 bits per heavy atom. The largest absolute Gasteiger partial charge is 0.102 e. The summed E-state index contributed by atoms with van der Waals surface area (Å²) in [6.45, 7) is 16.4. The molecule has 0 saturated heterocycles. The van der Waals surface area contributed by atoms with Crippen LogP contribution in [0.5, 0.6) is 0 Å². The Hall–Kier alpha value is -0.780. The monoisotopic (exact) mass is 234 g/mol. The van der Waals surface area contributed by atoms with Crippen LogP contribution < -0.4 is 0 Å². The topological polar surface area (TPSA) is 0 Å². The molecule has 17 heavy (non-hydrogen) atoms. The zero-order chi connectivity index (χ0) is 13.1. The third-order valence-electron chi connectivity index (χ3n) is 3.92. The van der Waals surface area contributed by atoms with E-state index >= 15 is 0 Å². The molecule has 0 amide bonds. The highest BCUT2D eigenvalue weighted by Gasteiger charge is 2.28. The van der Waals surface area contributed by atoms with E-state index in [9.17, 15) is 0 Å². The van der Waals surface area contributed by atoms with Crippen molar-refractivity contribution in [3.8, 4) is 0 Å². The van der Waals surface area contributed by atoms with E-state index < -0.39 is 0 Å². The fourth-order valence-corrected chi connectivity index (χ4v) is 2.55. The molecular formula is C17H30. The minimum Gasteiger partial charge on any atom is -0.102 e. The summed E-state index contributed by atoms with van der Waals surface area (Å²) in [5.41, 5.74) is -0.0699. The molecule has 0 aromatic carbocycles. The average Bonchev–Trinajstić information content (AvgIpc) is 2.38. The van der Waals surface area contributed by atoms with Crippen molar-refractivity contribution >= 4 is 0 Å².